The van der Waals surface area contributed by atoms with Crippen LogP contribution < -0.4 is 5.32 Å². The van der Waals surface area contributed by atoms with Crippen molar-refractivity contribution >= 4 is 35.0 Å². The Bertz CT molecular complexity index is 747. The van der Waals surface area contributed by atoms with Crippen LogP contribution >= 0.6 is 23.4 Å². The average Bonchev–Trinajstić information content (AvgIpc) is 3.28. The Kier molecular flexibility index (Phi) is 4.59. The van der Waals surface area contributed by atoms with E-state index in [1.165, 1.54) is 30.0 Å². The molecule has 5 nitrogen and oxygen atoms in total. The monoisotopic (exact) mass is 354 g/mol. The molecule has 1 atom stereocenters. The molecule has 0 radical (unpaired) electrons. The Labute approximate surface area is 142 Å². The second-order valence-electron chi connectivity index (χ2n) is 5.55. The van der Waals surface area contributed by atoms with Crippen LogP contribution in [0, 0.1) is 5.82 Å². The molecule has 0 spiro atoms. The molecule has 1 N–H and O–H groups in total. The highest BCUT2D eigenvalue weighted by molar-refractivity contribution is 8.00. The predicted octanol–water partition coefficient (Wildman–Crippen LogP) is 3.60. The van der Waals surface area contributed by atoms with Crippen LogP contribution in [0.25, 0.3) is 0 Å². The van der Waals surface area contributed by atoms with Gasteiger partial charge in [0.2, 0.25) is 5.91 Å². The van der Waals surface area contributed by atoms with Crippen molar-refractivity contribution in [3.8, 4) is 0 Å². The Hall–Kier alpha value is -1.60. The number of hydrogen-bond acceptors (Lipinski definition) is 4. The summed E-state index contributed by atoms with van der Waals surface area (Å²) in [6.07, 6.45) is 2.30. The van der Waals surface area contributed by atoms with E-state index < -0.39 is 5.82 Å². The van der Waals surface area contributed by atoms with Crippen molar-refractivity contribution in [1.82, 2.24) is 14.8 Å². The van der Waals surface area contributed by atoms with Gasteiger partial charge >= 0.3 is 0 Å². The largest absolute Gasteiger partial charge is 0.324 e. The van der Waals surface area contributed by atoms with E-state index in [1.807, 2.05) is 11.6 Å². The number of carbonyl (C=O) groups excluding carboxylic acids is 1. The van der Waals surface area contributed by atoms with E-state index >= 15 is 0 Å². The van der Waals surface area contributed by atoms with Gasteiger partial charge in [-0.3, -0.25) is 4.79 Å². The zero-order valence-corrected chi connectivity index (χ0v) is 14.3. The van der Waals surface area contributed by atoms with Crippen LogP contribution in [0.2, 0.25) is 5.02 Å². The first-order valence-electron chi connectivity index (χ1n) is 7.27. The molecule has 8 heteroatoms. The first kappa shape index (κ1) is 16.3. The molecule has 1 amide bonds. The lowest BCUT2D eigenvalue weighted by atomic mass is 10.3. The van der Waals surface area contributed by atoms with Gasteiger partial charge in [-0.05, 0) is 38.0 Å². The maximum atomic E-state index is 13.0. The fourth-order valence-electron chi connectivity index (χ4n) is 2.16. The third kappa shape index (κ3) is 3.67. The number of benzene rings is 1. The zero-order valence-electron chi connectivity index (χ0n) is 12.7. The van der Waals surface area contributed by atoms with Gasteiger partial charge in [0.25, 0.3) is 0 Å². The molecule has 122 valence electrons. The van der Waals surface area contributed by atoms with Gasteiger partial charge in [0.1, 0.15) is 11.6 Å². The molecule has 2 aromatic rings. The molecule has 1 aromatic heterocycles. The predicted molar refractivity (Wildman–Crippen MR) is 88.3 cm³/mol. The highest BCUT2D eigenvalue weighted by Gasteiger charge is 2.30. The fraction of sp³-hybridized carbons (Fsp3) is 0.400. The number of rotatable bonds is 5. The van der Waals surface area contributed by atoms with Gasteiger partial charge in [0.05, 0.1) is 16.0 Å². The number of amides is 1. The first-order valence-corrected chi connectivity index (χ1v) is 8.53. The smallest absolute Gasteiger partial charge is 0.237 e. The number of halogens is 2. The van der Waals surface area contributed by atoms with Crippen molar-refractivity contribution in [2.45, 2.75) is 36.1 Å². The number of anilines is 1. The molecular formula is C15H16ClFN4OS. The molecule has 1 aromatic carbocycles. The van der Waals surface area contributed by atoms with Gasteiger partial charge in [-0.15, -0.1) is 10.2 Å². The number of thioether (sulfide) groups is 1. The van der Waals surface area contributed by atoms with Crippen molar-refractivity contribution in [1.29, 1.82) is 0 Å². The normalized spacial score (nSPS) is 15.5. The highest BCUT2D eigenvalue weighted by Crippen LogP contribution is 2.39. The number of nitrogens with zero attached hydrogens (tertiary/aromatic N) is 3. The van der Waals surface area contributed by atoms with E-state index in [0.717, 1.165) is 18.7 Å². The van der Waals surface area contributed by atoms with Gasteiger partial charge < -0.3 is 9.88 Å². The van der Waals surface area contributed by atoms with Gasteiger partial charge in [-0.2, -0.15) is 0 Å². The van der Waals surface area contributed by atoms with Crippen molar-refractivity contribution in [2.75, 3.05) is 5.32 Å². The fourth-order valence-corrected chi connectivity index (χ4v) is 3.20. The zero-order chi connectivity index (χ0) is 16.6. The van der Waals surface area contributed by atoms with Crippen LogP contribution in [0.1, 0.15) is 31.5 Å². The van der Waals surface area contributed by atoms with Crippen LogP contribution in [0.5, 0.6) is 0 Å². The molecule has 1 fully saturated rings. The summed E-state index contributed by atoms with van der Waals surface area (Å²) in [6, 6.07) is 3.87. The number of aromatic nitrogens is 3. The molecule has 0 unspecified atom stereocenters. The maximum absolute atomic E-state index is 13.0. The molecule has 0 saturated heterocycles. The molecule has 1 aliphatic rings. The molecule has 3 rings (SSSR count). The second-order valence-corrected chi connectivity index (χ2v) is 7.26. The van der Waals surface area contributed by atoms with Crippen molar-refractivity contribution in [2.24, 2.45) is 7.05 Å². The summed E-state index contributed by atoms with van der Waals surface area (Å²) in [6.45, 7) is 1.78. The standard InChI is InChI=1S/C15H16ClFN4OS/c1-8(14(22)18-12-6-5-10(17)7-11(12)16)23-15-20-19-13(21(15)2)9-3-4-9/h5-9H,3-4H2,1-2H3,(H,18,22)/t8-/m1/s1. The Morgan fingerprint density at radius 2 is 2.22 bits per heavy atom. The number of carbonyl (C=O) groups is 1. The minimum atomic E-state index is -0.442. The summed E-state index contributed by atoms with van der Waals surface area (Å²) >= 11 is 7.25. The SMILES string of the molecule is C[C@@H](Sc1nnc(C2CC2)n1C)C(=O)Nc1ccc(F)cc1Cl. The van der Waals surface area contributed by atoms with E-state index in [-0.39, 0.29) is 16.2 Å². The third-order valence-corrected chi connectivity index (χ3v) is 5.10. The van der Waals surface area contributed by atoms with E-state index in [1.54, 1.807) is 6.92 Å². The van der Waals surface area contributed by atoms with Crippen LogP contribution in [-0.2, 0) is 11.8 Å². The van der Waals surface area contributed by atoms with Crippen LogP contribution in [0.3, 0.4) is 0 Å². The summed E-state index contributed by atoms with van der Waals surface area (Å²) in [4.78, 5) is 12.3. The molecule has 0 bridgehead atoms. The van der Waals surface area contributed by atoms with Crippen LogP contribution in [0.15, 0.2) is 23.4 Å². The molecular weight excluding hydrogens is 339 g/mol. The first-order chi connectivity index (χ1) is 11.0. The summed E-state index contributed by atoms with van der Waals surface area (Å²) in [7, 11) is 1.91. The van der Waals surface area contributed by atoms with E-state index in [0.29, 0.717) is 16.8 Å². The lowest BCUT2D eigenvalue weighted by Crippen LogP contribution is -2.23. The molecule has 1 saturated carbocycles. The van der Waals surface area contributed by atoms with Gasteiger partial charge in [-0.25, -0.2) is 4.39 Å². The maximum Gasteiger partial charge on any atom is 0.237 e. The van der Waals surface area contributed by atoms with Gasteiger partial charge in [-0.1, -0.05) is 23.4 Å². The molecule has 1 heterocycles. The van der Waals surface area contributed by atoms with E-state index in [4.69, 9.17) is 11.6 Å². The van der Waals surface area contributed by atoms with Crippen molar-refractivity contribution in [3.05, 3.63) is 34.9 Å². The lowest BCUT2D eigenvalue weighted by Gasteiger charge is -2.12. The number of nitrogens with one attached hydrogen (secondary N) is 1. The van der Waals surface area contributed by atoms with E-state index in [9.17, 15) is 9.18 Å². The van der Waals surface area contributed by atoms with Crippen LogP contribution in [0.4, 0.5) is 10.1 Å². The Balaban J connectivity index is 1.65. The summed E-state index contributed by atoms with van der Waals surface area (Å²) < 4.78 is 15.0. The Morgan fingerprint density at radius 1 is 1.48 bits per heavy atom. The molecule has 23 heavy (non-hydrogen) atoms. The average molecular weight is 355 g/mol. The van der Waals surface area contributed by atoms with Gasteiger partial charge in [0, 0.05) is 13.0 Å². The third-order valence-electron chi connectivity index (χ3n) is 3.65. The summed E-state index contributed by atoms with van der Waals surface area (Å²) in [5, 5.41) is 11.6. The Morgan fingerprint density at radius 3 is 2.87 bits per heavy atom. The van der Waals surface area contributed by atoms with Gasteiger partial charge in [0.15, 0.2) is 5.16 Å². The highest BCUT2D eigenvalue weighted by atomic mass is 35.5. The minimum Gasteiger partial charge on any atom is -0.324 e. The quantitative estimate of drug-likeness (QED) is 0.833. The van der Waals surface area contributed by atoms with Crippen LogP contribution in [-0.4, -0.2) is 25.9 Å². The second kappa shape index (κ2) is 6.49. The lowest BCUT2D eigenvalue weighted by molar-refractivity contribution is -0.115. The summed E-state index contributed by atoms with van der Waals surface area (Å²) in [5.41, 5.74) is 0.391. The number of hydrogen-bond donors (Lipinski definition) is 1. The van der Waals surface area contributed by atoms with Crippen molar-refractivity contribution < 1.29 is 9.18 Å². The topological polar surface area (TPSA) is 59.8 Å². The molecule has 1 aliphatic carbocycles. The minimum absolute atomic E-state index is 0.172. The molecule has 0 aliphatic heterocycles. The van der Waals surface area contributed by atoms with E-state index in [2.05, 4.69) is 15.5 Å². The summed E-state index contributed by atoms with van der Waals surface area (Å²) in [5.74, 6) is 0.812. The van der Waals surface area contributed by atoms with Crippen molar-refractivity contribution in [3.63, 3.8) is 0 Å².